The van der Waals surface area contributed by atoms with E-state index in [-0.39, 0.29) is 0 Å². The Morgan fingerprint density at radius 3 is 2.67 bits per heavy atom. The number of hydrazone groups is 1. The number of esters is 1. The average Bonchev–Trinajstić information content (AvgIpc) is 2.75. The van der Waals surface area contributed by atoms with E-state index in [1.165, 1.54) is 25.3 Å². The smallest absolute Gasteiger partial charge is 0.336 e. The highest BCUT2D eigenvalue weighted by atomic mass is 79.9. The number of nitrogens with zero attached hydrogens (tertiary/aromatic N) is 1. The van der Waals surface area contributed by atoms with Crippen molar-refractivity contribution in [3.63, 3.8) is 0 Å². The first kappa shape index (κ1) is 22.2. The largest absolute Gasteiger partial charge is 0.423 e. The molecule has 0 unspecified atom stereocenters. The van der Waals surface area contributed by atoms with Gasteiger partial charge in [0.1, 0.15) is 5.75 Å². The molecule has 0 heterocycles. The van der Waals surface area contributed by atoms with Gasteiger partial charge >= 0.3 is 5.97 Å². The number of benzene rings is 2. The van der Waals surface area contributed by atoms with Crippen LogP contribution in [0.4, 0.5) is 0 Å². The zero-order valence-corrected chi connectivity index (χ0v) is 18.9. The van der Waals surface area contributed by atoms with Crippen LogP contribution in [-0.2, 0) is 4.79 Å². The zero-order valence-electron chi connectivity index (χ0n) is 16.5. The molecule has 1 aliphatic carbocycles. The quantitative estimate of drug-likeness (QED) is 0.147. The molecule has 1 saturated carbocycles. The summed E-state index contributed by atoms with van der Waals surface area (Å²) in [5, 5.41) is 8.00. The molecular formula is C23H24BrN3O2S. The van der Waals surface area contributed by atoms with Gasteiger partial charge in [0.15, 0.2) is 5.11 Å². The van der Waals surface area contributed by atoms with Gasteiger partial charge in [-0.3, -0.25) is 5.43 Å². The summed E-state index contributed by atoms with van der Waals surface area (Å²) in [6, 6.07) is 15.3. The van der Waals surface area contributed by atoms with Crippen LogP contribution in [0.25, 0.3) is 6.08 Å². The van der Waals surface area contributed by atoms with Gasteiger partial charge in [-0.15, -0.1) is 0 Å². The topological polar surface area (TPSA) is 62.7 Å². The number of carbonyl (C=O) groups excluding carboxylic acids is 1. The van der Waals surface area contributed by atoms with E-state index in [0.29, 0.717) is 22.5 Å². The molecule has 2 aromatic rings. The summed E-state index contributed by atoms with van der Waals surface area (Å²) in [6.07, 6.45) is 10.7. The summed E-state index contributed by atoms with van der Waals surface area (Å²) in [6.45, 7) is 0. The van der Waals surface area contributed by atoms with Gasteiger partial charge < -0.3 is 10.1 Å². The van der Waals surface area contributed by atoms with Crippen LogP contribution in [0, 0.1) is 0 Å². The Morgan fingerprint density at radius 2 is 1.90 bits per heavy atom. The Bertz CT molecular complexity index is 925. The molecule has 0 radical (unpaired) electrons. The summed E-state index contributed by atoms with van der Waals surface area (Å²) in [5.41, 5.74) is 4.42. The minimum absolute atomic E-state index is 0.410. The number of carbonyl (C=O) groups is 1. The van der Waals surface area contributed by atoms with Crippen LogP contribution in [0.1, 0.15) is 43.2 Å². The minimum Gasteiger partial charge on any atom is -0.423 e. The van der Waals surface area contributed by atoms with Gasteiger partial charge in [-0.25, -0.2) is 4.79 Å². The van der Waals surface area contributed by atoms with E-state index in [2.05, 4.69) is 31.8 Å². The van der Waals surface area contributed by atoms with Gasteiger partial charge in [0.2, 0.25) is 0 Å². The number of hydrogen-bond acceptors (Lipinski definition) is 4. The van der Waals surface area contributed by atoms with Crippen molar-refractivity contribution in [1.29, 1.82) is 0 Å². The Balaban J connectivity index is 1.58. The second-order valence-corrected chi connectivity index (χ2v) is 8.35. The third kappa shape index (κ3) is 7.39. The molecule has 1 aliphatic rings. The van der Waals surface area contributed by atoms with E-state index in [0.717, 1.165) is 22.9 Å². The van der Waals surface area contributed by atoms with Crippen molar-refractivity contribution in [2.24, 2.45) is 5.10 Å². The normalized spacial score (nSPS) is 14.7. The van der Waals surface area contributed by atoms with Crippen LogP contribution in [0.3, 0.4) is 0 Å². The molecule has 0 saturated heterocycles. The maximum absolute atomic E-state index is 12.2. The molecule has 0 atom stereocenters. The number of halogens is 1. The molecule has 2 aromatic carbocycles. The third-order valence-corrected chi connectivity index (χ3v) is 5.41. The molecule has 2 N–H and O–H groups in total. The lowest BCUT2D eigenvalue weighted by Crippen LogP contribution is -2.40. The lowest BCUT2D eigenvalue weighted by Gasteiger charge is -2.23. The zero-order chi connectivity index (χ0) is 21.2. The van der Waals surface area contributed by atoms with Crippen LogP contribution in [0.2, 0.25) is 0 Å². The molecule has 0 bridgehead atoms. The fraction of sp³-hybridized carbons (Fsp3) is 0.261. The van der Waals surface area contributed by atoms with Gasteiger partial charge in [0, 0.05) is 22.2 Å². The fourth-order valence-electron chi connectivity index (χ4n) is 3.21. The van der Waals surface area contributed by atoms with Crippen molar-refractivity contribution in [2.75, 3.05) is 0 Å². The molecule has 156 valence electrons. The van der Waals surface area contributed by atoms with Crippen LogP contribution in [-0.4, -0.2) is 23.3 Å². The molecule has 7 heteroatoms. The van der Waals surface area contributed by atoms with Gasteiger partial charge in [-0.2, -0.15) is 5.10 Å². The predicted molar refractivity (Wildman–Crippen MR) is 129 cm³/mol. The molecular weight excluding hydrogens is 462 g/mol. The fourth-order valence-corrected chi connectivity index (χ4v) is 3.81. The Kier molecular flexibility index (Phi) is 8.59. The van der Waals surface area contributed by atoms with Gasteiger partial charge in [0.05, 0.1) is 6.21 Å². The van der Waals surface area contributed by atoms with E-state index in [1.54, 1.807) is 18.4 Å². The Morgan fingerprint density at radius 1 is 1.13 bits per heavy atom. The SMILES string of the molecule is O=C(/C=C/c1ccccc1)Oc1ccc(Br)cc1/C=N/NC(=S)NC1CCCCC1. The van der Waals surface area contributed by atoms with Gasteiger partial charge in [-0.1, -0.05) is 65.5 Å². The van der Waals surface area contributed by atoms with E-state index in [4.69, 9.17) is 17.0 Å². The van der Waals surface area contributed by atoms with Crippen molar-refractivity contribution in [3.05, 3.63) is 70.2 Å². The Labute approximate surface area is 190 Å². The van der Waals surface area contributed by atoms with E-state index in [1.807, 2.05) is 42.5 Å². The molecule has 1 fully saturated rings. The average molecular weight is 486 g/mol. The highest BCUT2D eigenvalue weighted by Crippen LogP contribution is 2.22. The third-order valence-electron chi connectivity index (χ3n) is 4.70. The van der Waals surface area contributed by atoms with Gasteiger partial charge in [-0.05, 0) is 54.9 Å². The van der Waals surface area contributed by atoms with Gasteiger partial charge in [0.25, 0.3) is 0 Å². The Hall–Kier alpha value is -2.51. The van der Waals surface area contributed by atoms with Crippen LogP contribution < -0.4 is 15.5 Å². The molecule has 30 heavy (non-hydrogen) atoms. The minimum atomic E-state index is -0.460. The first-order valence-corrected chi connectivity index (χ1v) is 11.1. The lowest BCUT2D eigenvalue weighted by molar-refractivity contribution is -0.128. The number of ether oxygens (including phenoxy) is 1. The summed E-state index contributed by atoms with van der Waals surface area (Å²) in [5.74, 6) is -0.0455. The molecule has 0 aromatic heterocycles. The number of hydrogen-bond donors (Lipinski definition) is 2. The van der Waals surface area contributed by atoms with Crippen molar-refractivity contribution in [1.82, 2.24) is 10.7 Å². The van der Waals surface area contributed by atoms with Crippen molar-refractivity contribution >= 4 is 51.5 Å². The second-order valence-electron chi connectivity index (χ2n) is 7.03. The molecule has 3 rings (SSSR count). The maximum Gasteiger partial charge on any atom is 0.336 e. The van der Waals surface area contributed by atoms with E-state index in [9.17, 15) is 4.79 Å². The summed E-state index contributed by atoms with van der Waals surface area (Å²) in [4.78, 5) is 12.2. The van der Waals surface area contributed by atoms with E-state index < -0.39 is 5.97 Å². The number of thiocarbonyl (C=S) groups is 1. The monoisotopic (exact) mass is 485 g/mol. The lowest BCUT2D eigenvalue weighted by atomic mass is 9.96. The summed E-state index contributed by atoms with van der Waals surface area (Å²) < 4.78 is 6.34. The summed E-state index contributed by atoms with van der Waals surface area (Å²) in [7, 11) is 0. The predicted octanol–water partition coefficient (Wildman–Crippen LogP) is 5.20. The van der Waals surface area contributed by atoms with Crippen molar-refractivity contribution in [2.45, 2.75) is 38.1 Å². The first-order chi connectivity index (χ1) is 14.6. The van der Waals surface area contributed by atoms with Crippen molar-refractivity contribution in [3.8, 4) is 5.75 Å². The molecule has 5 nitrogen and oxygen atoms in total. The van der Waals surface area contributed by atoms with Crippen molar-refractivity contribution < 1.29 is 9.53 Å². The van der Waals surface area contributed by atoms with Crippen LogP contribution >= 0.6 is 28.1 Å². The number of nitrogens with one attached hydrogen (secondary N) is 2. The van der Waals surface area contributed by atoms with Crippen LogP contribution in [0.15, 0.2) is 64.2 Å². The molecule has 0 spiro atoms. The van der Waals surface area contributed by atoms with E-state index >= 15 is 0 Å². The van der Waals surface area contributed by atoms with Crippen LogP contribution in [0.5, 0.6) is 5.75 Å². The standard InChI is InChI=1S/C23H24BrN3O2S/c24-19-12-13-21(29-22(28)14-11-17-7-3-1-4-8-17)18(15-19)16-25-27-23(30)26-20-9-5-2-6-10-20/h1,3-4,7-8,11-16,20H,2,5-6,9-10H2,(H2,26,27,30)/b14-11+,25-16+. The second kappa shape index (κ2) is 11.6. The number of rotatable bonds is 6. The summed E-state index contributed by atoms with van der Waals surface area (Å²) >= 11 is 8.76. The molecule has 0 amide bonds. The first-order valence-electron chi connectivity index (χ1n) is 9.94. The highest BCUT2D eigenvalue weighted by molar-refractivity contribution is 9.10. The highest BCUT2D eigenvalue weighted by Gasteiger charge is 2.13. The molecule has 0 aliphatic heterocycles. The maximum atomic E-state index is 12.2.